The van der Waals surface area contributed by atoms with Crippen LogP contribution in [0.3, 0.4) is 0 Å². The number of carboxylic acid groups (broad SMARTS) is 1. The zero-order chi connectivity index (χ0) is 14.1. The summed E-state index contributed by atoms with van der Waals surface area (Å²) in [5.74, 6) is 0.0453. The summed E-state index contributed by atoms with van der Waals surface area (Å²) in [4.78, 5) is 11.0. The van der Waals surface area contributed by atoms with E-state index in [4.69, 9.17) is 9.84 Å². The quantitative estimate of drug-likeness (QED) is 0.898. The maximum atomic E-state index is 11.0. The van der Waals surface area contributed by atoms with Crippen molar-refractivity contribution in [1.82, 2.24) is 0 Å². The fraction of sp³-hybridized carbons (Fsp3) is 0.562. The van der Waals surface area contributed by atoms with Crippen LogP contribution in [-0.2, 0) is 10.2 Å². The molecule has 0 saturated heterocycles. The van der Waals surface area contributed by atoms with Crippen LogP contribution in [0.2, 0.25) is 0 Å². The molecule has 0 unspecified atom stereocenters. The van der Waals surface area contributed by atoms with Gasteiger partial charge in [-0.1, -0.05) is 39.0 Å². The van der Waals surface area contributed by atoms with Crippen molar-refractivity contribution in [2.75, 3.05) is 0 Å². The fourth-order valence-corrected chi connectivity index (χ4v) is 2.57. The molecule has 0 aliphatic heterocycles. The molecule has 1 aliphatic rings. The van der Waals surface area contributed by atoms with Crippen molar-refractivity contribution in [3.05, 3.63) is 29.8 Å². The normalized spacial score (nSPS) is 17.6. The largest absolute Gasteiger partial charge is 0.486 e. The minimum absolute atomic E-state index is 0.00917. The highest BCUT2D eigenvalue weighted by molar-refractivity contribution is 5.68. The number of benzene rings is 1. The topological polar surface area (TPSA) is 46.5 Å². The molecule has 104 valence electrons. The molecule has 1 aliphatic carbocycles. The lowest BCUT2D eigenvalue weighted by atomic mass is 9.77. The monoisotopic (exact) mass is 262 g/mol. The Morgan fingerprint density at radius 2 is 1.95 bits per heavy atom. The Hall–Kier alpha value is -1.51. The first-order valence-corrected chi connectivity index (χ1v) is 6.83. The second-order valence-electron chi connectivity index (χ2n) is 6.46. The molecule has 2 rings (SSSR count). The molecule has 19 heavy (non-hydrogen) atoms. The smallest absolute Gasteiger partial charge is 0.307 e. The average Bonchev–Trinajstić information content (AvgIpc) is 2.24. The zero-order valence-electron chi connectivity index (χ0n) is 11.9. The number of hydrogen-bond acceptors (Lipinski definition) is 2. The van der Waals surface area contributed by atoms with Crippen LogP contribution in [0.4, 0.5) is 0 Å². The van der Waals surface area contributed by atoms with E-state index in [1.165, 1.54) is 0 Å². The van der Waals surface area contributed by atoms with E-state index in [-0.39, 0.29) is 11.8 Å². The summed E-state index contributed by atoms with van der Waals surface area (Å²) in [6.45, 7) is 6.42. The Kier molecular flexibility index (Phi) is 3.57. The van der Waals surface area contributed by atoms with Crippen LogP contribution in [0.1, 0.15) is 52.0 Å². The molecular weight excluding hydrogens is 240 g/mol. The van der Waals surface area contributed by atoms with Crippen molar-refractivity contribution in [3.8, 4) is 5.75 Å². The third-order valence-corrected chi connectivity index (χ3v) is 3.76. The van der Waals surface area contributed by atoms with E-state index in [0.29, 0.717) is 0 Å². The first kappa shape index (κ1) is 13.9. The van der Waals surface area contributed by atoms with Gasteiger partial charge < -0.3 is 9.84 Å². The Balaban J connectivity index is 2.25. The zero-order valence-corrected chi connectivity index (χ0v) is 11.9. The van der Waals surface area contributed by atoms with Crippen LogP contribution in [0, 0.1) is 0 Å². The molecule has 3 heteroatoms. The van der Waals surface area contributed by atoms with Gasteiger partial charge in [0.05, 0.1) is 6.42 Å². The summed E-state index contributed by atoms with van der Waals surface area (Å²) in [5, 5.41) is 9.04. The van der Waals surface area contributed by atoms with Crippen molar-refractivity contribution in [3.63, 3.8) is 0 Å². The third-order valence-electron chi connectivity index (χ3n) is 3.76. The molecule has 3 nitrogen and oxygen atoms in total. The van der Waals surface area contributed by atoms with E-state index in [1.54, 1.807) is 0 Å². The van der Waals surface area contributed by atoms with E-state index in [1.807, 2.05) is 18.2 Å². The van der Waals surface area contributed by atoms with Crippen LogP contribution in [0.5, 0.6) is 5.75 Å². The number of carboxylic acids is 1. The standard InChI is InChI=1S/C16H22O3/c1-15(2,3)12-7-4-5-8-13(12)19-16(9-6-10-16)11-14(17)18/h4-5,7-8H,6,9-11H2,1-3H3,(H,17,18). The molecule has 0 bridgehead atoms. The first-order valence-electron chi connectivity index (χ1n) is 6.83. The van der Waals surface area contributed by atoms with Gasteiger partial charge in [0.15, 0.2) is 0 Å². The SMILES string of the molecule is CC(C)(C)c1ccccc1OC1(CC(=O)O)CCC1. The lowest BCUT2D eigenvalue weighted by molar-refractivity contribution is -0.144. The highest BCUT2D eigenvalue weighted by Crippen LogP contribution is 2.42. The Bertz CT molecular complexity index is 467. The maximum absolute atomic E-state index is 11.0. The van der Waals surface area contributed by atoms with Gasteiger partial charge in [0.2, 0.25) is 0 Å². The second kappa shape index (κ2) is 4.87. The van der Waals surface area contributed by atoms with Gasteiger partial charge in [0.25, 0.3) is 0 Å². The first-order chi connectivity index (χ1) is 8.82. The van der Waals surface area contributed by atoms with E-state index < -0.39 is 11.6 Å². The number of carbonyl (C=O) groups is 1. The summed E-state index contributed by atoms with van der Waals surface area (Å²) in [7, 11) is 0. The molecular formula is C16H22O3. The maximum Gasteiger partial charge on any atom is 0.307 e. The summed E-state index contributed by atoms with van der Waals surface area (Å²) in [5.41, 5.74) is 0.629. The molecule has 0 aromatic heterocycles. The lowest BCUT2D eigenvalue weighted by Gasteiger charge is -2.42. The van der Waals surface area contributed by atoms with Crippen LogP contribution >= 0.6 is 0 Å². The number of ether oxygens (including phenoxy) is 1. The molecule has 0 amide bonds. The summed E-state index contributed by atoms with van der Waals surface area (Å²) >= 11 is 0. The van der Waals surface area contributed by atoms with Gasteiger partial charge in [0, 0.05) is 0 Å². The highest BCUT2D eigenvalue weighted by atomic mass is 16.5. The molecule has 0 radical (unpaired) electrons. The second-order valence-corrected chi connectivity index (χ2v) is 6.46. The van der Waals surface area contributed by atoms with Gasteiger partial charge in [-0.2, -0.15) is 0 Å². The number of hydrogen-bond donors (Lipinski definition) is 1. The molecule has 1 aromatic rings. The minimum atomic E-state index is -0.784. The van der Waals surface area contributed by atoms with Gasteiger partial charge in [-0.25, -0.2) is 0 Å². The van der Waals surface area contributed by atoms with Gasteiger partial charge in [-0.15, -0.1) is 0 Å². The highest BCUT2D eigenvalue weighted by Gasteiger charge is 2.42. The summed E-state index contributed by atoms with van der Waals surface area (Å²) < 4.78 is 6.13. The van der Waals surface area contributed by atoms with Crippen molar-refractivity contribution in [1.29, 1.82) is 0 Å². The summed E-state index contributed by atoms with van der Waals surface area (Å²) in [6.07, 6.45) is 2.80. The van der Waals surface area contributed by atoms with Crippen LogP contribution in [0.15, 0.2) is 24.3 Å². The molecule has 0 atom stereocenters. The number of rotatable bonds is 4. The van der Waals surface area contributed by atoms with Crippen LogP contribution in [0.25, 0.3) is 0 Å². The molecule has 0 heterocycles. The average molecular weight is 262 g/mol. The predicted octanol–water partition coefficient (Wildman–Crippen LogP) is 3.76. The van der Waals surface area contributed by atoms with E-state index in [2.05, 4.69) is 26.8 Å². The van der Waals surface area contributed by atoms with E-state index in [0.717, 1.165) is 30.6 Å². The number of aliphatic carboxylic acids is 1. The minimum Gasteiger partial charge on any atom is -0.486 e. The van der Waals surface area contributed by atoms with Crippen molar-refractivity contribution < 1.29 is 14.6 Å². The molecule has 1 fully saturated rings. The van der Waals surface area contributed by atoms with Gasteiger partial charge in [-0.3, -0.25) is 4.79 Å². The van der Waals surface area contributed by atoms with Gasteiger partial charge in [0.1, 0.15) is 11.4 Å². The van der Waals surface area contributed by atoms with Crippen molar-refractivity contribution in [2.45, 2.75) is 57.5 Å². The Morgan fingerprint density at radius 1 is 1.32 bits per heavy atom. The lowest BCUT2D eigenvalue weighted by Crippen LogP contribution is -2.45. The third kappa shape index (κ3) is 3.09. The Morgan fingerprint density at radius 3 is 2.42 bits per heavy atom. The molecule has 0 spiro atoms. The summed E-state index contributed by atoms with van der Waals surface area (Å²) in [6, 6.07) is 7.95. The van der Waals surface area contributed by atoms with Gasteiger partial charge in [-0.05, 0) is 36.3 Å². The van der Waals surface area contributed by atoms with E-state index >= 15 is 0 Å². The predicted molar refractivity (Wildman–Crippen MR) is 74.6 cm³/mol. The molecule has 1 saturated carbocycles. The molecule has 1 N–H and O–H groups in total. The van der Waals surface area contributed by atoms with Crippen LogP contribution < -0.4 is 4.74 Å². The van der Waals surface area contributed by atoms with Crippen molar-refractivity contribution in [2.24, 2.45) is 0 Å². The molecule has 1 aromatic carbocycles. The fourth-order valence-electron chi connectivity index (χ4n) is 2.57. The van der Waals surface area contributed by atoms with Gasteiger partial charge >= 0.3 is 5.97 Å². The van der Waals surface area contributed by atoms with Crippen molar-refractivity contribution >= 4 is 5.97 Å². The van der Waals surface area contributed by atoms with Crippen LogP contribution in [-0.4, -0.2) is 16.7 Å². The number of para-hydroxylation sites is 1. The Labute approximate surface area is 114 Å². The van der Waals surface area contributed by atoms with E-state index in [9.17, 15) is 4.79 Å².